The number of alkyl halides is 1. The van der Waals surface area contributed by atoms with Gasteiger partial charge in [-0.15, -0.1) is 0 Å². The maximum atomic E-state index is 13.1. The smallest absolute Gasteiger partial charge is 0.387 e. The summed E-state index contributed by atoms with van der Waals surface area (Å²) >= 11 is 15.5. The number of fused-ring (bicyclic) bond motifs is 2. The van der Waals surface area contributed by atoms with Crippen molar-refractivity contribution in [3.05, 3.63) is 19.0 Å². The van der Waals surface area contributed by atoms with Gasteiger partial charge in [0.25, 0.3) is 0 Å². The first-order valence-corrected chi connectivity index (χ1v) is 26.8. The van der Waals surface area contributed by atoms with Crippen LogP contribution in [0.5, 0.6) is 0 Å². The summed E-state index contributed by atoms with van der Waals surface area (Å²) in [5.41, 5.74) is 6.90. The molecule has 0 radical (unpaired) electrons. The molecule has 4 aromatic heterocycles. The quantitative estimate of drug-likeness (QED) is 0.0110. The van der Waals surface area contributed by atoms with Crippen LogP contribution < -0.4 is 129 Å². The van der Waals surface area contributed by atoms with E-state index in [1.165, 1.54) is 39.9 Å². The molecule has 2 saturated heterocycles. The summed E-state index contributed by atoms with van der Waals surface area (Å²) < 4.78 is 72.3. The van der Waals surface area contributed by atoms with Crippen molar-refractivity contribution in [3.8, 4) is 0 Å². The minimum absolute atomic E-state index is 0. The molecule has 0 amide bonds. The first-order valence-electron chi connectivity index (χ1n) is 16.8. The van der Waals surface area contributed by atoms with E-state index in [0.717, 1.165) is 6.42 Å². The summed E-state index contributed by atoms with van der Waals surface area (Å²) in [6, 6.07) is 0. The van der Waals surface area contributed by atoms with Gasteiger partial charge >= 0.3 is 147 Å². The average Bonchev–Trinajstić information content (AvgIpc) is 3.92. The van der Waals surface area contributed by atoms with E-state index >= 15 is 0 Å². The van der Waals surface area contributed by atoms with Gasteiger partial charge in [-0.05, 0) is 18.2 Å². The molecule has 38 heteroatoms. The zero-order valence-corrected chi connectivity index (χ0v) is 49.0. The first-order chi connectivity index (χ1) is 27.6. The van der Waals surface area contributed by atoms with E-state index in [-0.39, 0.29) is 141 Å². The Hall–Kier alpha value is 2.51. The van der Waals surface area contributed by atoms with Crippen LogP contribution in [0.2, 0.25) is 0 Å². The van der Waals surface area contributed by atoms with Gasteiger partial charge in [0, 0.05) is 12.8 Å². The zero-order valence-electron chi connectivity index (χ0n) is 34.1. The number of halogens is 1. The van der Waals surface area contributed by atoms with E-state index in [4.69, 9.17) is 47.7 Å². The van der Waals surface area contributed by atoms with E-state index in [2.05, 4.69) is 56.1 Å². The molecule has 63 heavy (non-hydrogen) atoms. The zero-order chi connectivity index (χ0) is 43.2. The molecule has 4 aromatic rings. The van der Waals surface area contributed by atoms with E-state index in [1.807, 2.05) is 6.92 Å². The molecule has 6 rings (SSSR count). The van der Waals surface area contributed by atoms with Crippen LogP contribution in [-0.4, -0.2) is 142 Å². The molecule has 2 aliphatic heterocycles. The predicted octanol–water partition coefficient (Wildman–Crippen LogP) is -10.7. The SMILES string of the molecule is CCCSc1nc(N)c2ncn([C@@H]3O[C@H](COP(O)(=S)OP(=O)(O)C(Cl)P(=O)(O)OP(=O)(S)OC[C@H]4O[C@@H](n5cnc6c(NC)ncnc65)[C@H](O)[C@@H]4O)[C@@H](O)[C@H]3O)c2n1.[Na+].[Na+].[Na+].[Na+]. The summed E-state index contributed by atoms with van der Waals surface area (Å²) in [7, 11) is -9.91. The maximum absolute atomic E-state index is 13.1. The van der Waals surface area contributed by atoms with Gasteiger partial charge in [0.2, 0.25) is 4.86 Å². The van der Waals surface area contributed by atoms with Crippen molar-refractivity contribution < 1.29 is 194 Å². The molecule has 26 nitrogen and oxygen atoms in total. The Bertz CT molecular complexity index is 2390. The normalized spacial score (nSPS) is 27.7. The molecule has 2 fully saturated rings. The number of hydrogen-bond donors (Lipinski definition) is 10. The van der Waals surface area contributed by atoms with Gasteiger partial charge in [0.05, 0.1) is 25.9 Å². The Labute approximate surface area is 465 Å². The first kappa shape index (κ1) is 61.6. The van der Waals surface area contributed by atoms with Gasteiger partial charge < -0.3 is 60.2 Å². The van der Waals surface area contributed by atoms with Crippen LogP contribution in [0.4, 0.5) is 11.6 Å². The van der Waals surface area contributed by atoms with Crippen LogP contribution in [0, 0.1) is 0 Å². The Morgan fingerprint density at radius 2 is 1.38 bits per heavy atom. The number of nitrogen functional groups attached to an aromatic ring is 1. The van der Waals surface area contributed by atoms with Gasteiger partial charge in [0.15, 0.2) is 40.5 Å². The van der Waals surface area contributed by atoms with E-state index in [0.29, 0.717) is 22.2 Å². The predicted molar refractivity (Wildman–Crippen MR) is 214 cm³/mol. The molecule has 0 aliphatic carbocycles. The fourth-order valence-electron chi connectivity index (χ4n) is 5.72. The van der Waals surface area contributed by atoms with E-state index in [1.54, 1.807) is 7.05 Å². The van der Waals surface area contributed by atoms with Crippen LogP contribution in [0.1, 0.15) is 25.8 Å². The summed E-state index contributed by atoms with van der Waals surface area (Å²) in [6.07, 6.45) is -7.64. The molecule has 2 aliphatic rings. The summed E-state index contributed by atoms with van der Waals surface area (Å²) in [4.78, 5) is 53.7. The largest absolute Gasteiger partial charge is 1.00 e. The Morgan fingerprint density at radius 3 is 1.94 bits per heavy atom. The van der Waals surface area contributed by atoms with Gasteiger partial charge in [-0.1, -0.05) is 42.5 Å². The Morgan fingerprint density at radius 1 is 0.857 bits per heavy atom. The molecule has 6 heterocycles. The molecule has 328 valence electrons. The number of anilines is 2. The van der Waals surface area contributed by atoms with Crippen molar-refractivity contribution in [2.24, 2.45) is 0 Å². The summed E-state index contributed by atoms with van der Waals surface area (Å²) in [5.74, 6) is 1.10. The van der Waals surface area contributed by atoms with E-state index < -0.39 is 95.9 Å². The Kier molecular flexibility index (Phi) is 24.7. The second-order valence-corrected chi connectivity index (χ2v) is 24.9. The number of aromatic nitrogens is 8. The van der Waals surface area contributed by atoms with Crippen molar-refractivity contribution in [3.63, 3.8) is 0 Å². The maximum Gasteiger partial charge on any atom is 1.00 e. The van der Waals surface area contributed by atoms with Crippen molar-refractivity contribution in [1.82, 2.24) is 39.0 Å². The molecular formula is C25H37ClN10Na4O16P4S3+4. The fourth-order valence-corrected chi connectivity index (χ4v) is 15.5. The van der Waals surface area contributed by atoms with Crippen LogP contribution >= 0.6 is 64.3 Å². The van der Waals surface area contributed by atoms with Gasteiger partial charge in [-0.25, -0.2) is 43.1 Å². The number of imidazole rings is 2. The number of rotatable bonds is 18. The van der Waals surface area contributed by atoms with Crippen LogP contribution in [-0.2, 0) is 52.6 Å². The summed E-state index contributed by atoms with van der Waals surface area (Å²) in [6.45, 7) is -9.72. The molecule has 0 aromatic carbocycles. The van der Waals surface area contributed by atoms with Crippen LogP contribution in [0.15, 0.2) is 24.1 Å². The van der Waals surface area contributed by atoms with Crippen molar-refractivity contribution in [2.75, 3.05) is 37.1 Å². The number of aliphatic hydroxyl groups is 4. The van der Waals surface area contributed by atoms with Crippen LogP contribution in [0.25, 0.3) is 22.3 Å². The second kappa shape index (κ2) is 25.3. The molecule has 10 N–H and O–H groups in total. The van der Waals surface area contributed by atoms with E-state index in [9.17, 15) is 48.8 Å². The molecule has 0 saturated carbocycles. The van der Waals surface area contributed by atoms with Gasteiger partial charge in [0.1, 0.15) is 54.0 Å². The standard InChI is InChI=1S/C25H37ClN10O16P4S3.4Na/c1-3-4-59-25-33-18(27)12-21(34-25)36(8-31-12)23-17(40)15(38)11(50-23)6-48-56(46,58)52-54(43,44)24(26)53(41,42)51-55(45,57)47-5-10-14(37)16(39)22(49-10)35-9-32-13-19(28-2)29-7-30-20(13)35;;;;/h7-11,14-17,22-24,37-40H,3-6H2,1-2H3,(H,41,42)(H,43,44)(H,45,57)(H,46,58)(H2,27,33,34)(H,28,29,30);;;;/q;4*+1/t10-,11-,14-,15-,16-,17-,22-,23-,24?,55?,56?;;;;/m1..../s1. The number of thioether (sulfide) groups is 1. The average molecular weight is 1080 g/mol. The number of nitrogens with zero attached hydrogens (tertiary/aromatic N) is 8. The molecule has 13 atom stereocenters. The molecular weight excluding hydrogens is 1040 g/mol. The second-order valence-electron chi connectivity index (χ2n) is 12.6. The van der Waals surface area contributed by atoms with Crippen LogP contribution in [0.3, 0.4) is 0 Å². The number of ether oxygens (including phenoxy) is 2. The third-order valence-electron chi connectivity index (χ3n) is 8.46. The molecule has 5 unspecified atom stereocenters. The number of nitrogens with two attached hydrogens (primary N) is 1. The Balaban J connectivity index is 0.00000341. The van der Waals surface area contributed by atoms with Crippen molar-refractivity contribution in [2.45, 2.75) is 72.4 Å². The van der Waals surface area contributed by atoms with Crippen molar-refractivity contribution >= 4 is 110 Å². The summed E-state index contributed by atoms with van der Waals surface area (Å²) in [5, 5.41) is 46.0. The number of hydrogen-bond acceptors (Lipinski definition) is 23. The minimum atomic E-state index is -5.76. The minimum Gasteiger partial charge on any atom is -0.387 e. The number of aliphatic hydroxyl groups excluding tert-OH is 4. The van der Waals surface area contributed by atoms with Gasteiger partial charge in [-0.2, -0.15) is 0 Å². The van der Waals surface area contributed by atoms with Crippen molar-refractivity contribution in [1.29, 1.82) is 0 Å². The third-order valence-corrected chi connectivity index (χ3v) is 20.2. The monoisotopic (exact) mass is 1080 g/mol. The third kappa shape index (κ3) is 14.4. The molecule has 0 spiro atoms. The topological polar surface area (TPSA) is 373 Å². The van der Waals surface area contributed by atoms with Gasteiger partial charge in [-0.3, -0.25) is 22.8 Å². The fraction of sp³-hybridized carbons (Fsp3) is 0.600. The number of thiol groups is 1. The number of nitrogens with one attached hydrogen (secondary N) is 1. The molecule has 0 bridgehead atoms.